The van der Waals surface area contributed by atoms with Crippen LogP contribution in [0.1, 0.15) is 30.9 Å². The summed E-state index contributed by atoms with van der Waals surface area (Å²) in [7, 11) is 4.11. The number of nitrogens with zero attached hydrogens (tertiary/aromatic N) is 4. The minimum atomic E-state index is 0.494. The fourth-order valence-corrected chi connectivity index (χ4v) is 2.10. The summed E-state index contributed by atoms with van der Waals surface area (Å²) < 4.78 is 2.05. The highest BCUT2D eigenvalue weighted by molar-refractivity contribution is 5.14. The van der Waals surface area contributed by atoms with Gasteiger partial charge < -0.3 is 9.88 Å². The molecule has 0 amide bonds. The molecule has 0 unspecified atom stereocenters. The summed E-state index contributed by atoms with van der Waals surface area (Å²) in [5.41, 5.74) is 2.30. The molecule has 0 saturated carbocycles. The van der Waals surface area contributed by atoms with E-state index in [0.717, 1.165) is 31.2 Å². The van der Waals surface area contributed by atoms with E-state index < -0.39 is 0 Å². The molecule has 0 saturated heterocycles. The van der Waals surface area contributed by atoms with Gasteiger partial charge in [0.05, 0.1) is 12.2 Å². The SMILES string of the molecule is CC(C)NCc1ccc(CN(C)Cc2nccn2C)nc1. The summed E-state index contributed by atoms with van der Waals surface area (Å²) in [5, 5.41) is 3.40. The standard InChI is InChI=1S/C16H25N5/c1-13(2)18-9-14-5-6-15(19-10-14)11-20(3)12-16-17-7-8-21(16)4/h5-8,10,13,18H,9,11-12H2,1-4H3. The van der Waals surface area contributed by atoms with E-state index in [1.807, 2.05) is 30.2 Å². The number of hydrogen-bond donors (Lipinski definition) is 1. The summed E-state index contributed by atoms with van der Waals surface area (Å²) in [5.74, 6) is 1.07. The number of rotatable bonds is 7. The fraction of sp³-hybridized carbons (Fsp3) is 0.500. The number of imidazole rings is 1. The lowest BCUT2D eigenvalue weighted by atomic mass is 10.2. The Morgan fingerprint density at radius 3 is 2.62 bits per heavy atom. The summed E-state index contributed by atoms with van der Waals surface area (Å²) in [4.78, 5) is 11.1. The molecule has 21 heavy (non-hydrogen) atoms. The molecule has 0 atom stereocenters. The molecule has 1 N–H and O–H groups in total. The number of aromatic nitrogens is 3. The van der Waals surface area contributed by atoms with Crippen LogP contribution in [0.15, 0.2) is 30.7 Å². The molecule has 114 valence electrons. The van der Waals surface area contributed by atoms with Crippen molar-refractivity contribution in [1.29, 1.82) is 0 Å². The number of aryl methyl sites for hydroxylation is 1. The quantitative estimate of drug-likeness (QED) is 0.845. The van der Waals surface area contributed by atoms with Crippen LogP contribution in [0, 0.1) is 0 Å². The second-order valence-corrected chi connectivity index (χ2v) is 5.82. The fourth-order valence-electron chi connectivity index (χ4n) is 2.10. The lowest BCUT2D eigenvalue weighted by Gasteiger charge is -2.16. The lowest BCUT2D eigenvalue weighted by Crippen LogP contribution is -2.22. The molecule has 0 fully saturated rings. The van der Waals surface area contributed by atoms with Gasteiger partial charge in [0.2, 0.25) is 0 Å². The van der Waals surface area contributed by atoms with Gasteiger partial charge >= 0.3 is 0 Å². The van der Waals surface area contributed by atoms with E-state index in [4.69, 9.17) is 0 Å². The van der Waals surface area contributed by atoms with Crippen molar-refractivity contribution in [3.8, 4) is 0 Å². The van der Waals surface area contributed by atoms with Crippen molar-refractivity contribution in [2.24, 2.45) is 7.05 Å². The third-order valence-electron chi connectivity index (χ3n) is 3.36. The van der Waals surface area contributed by atoms with Crippen molar-refractivity contribution in [1.82, 2.24) is 24.8 Å². The summed E-state index contributed by atoms with van der Waals surface area (Å²) >= 11 is 0. The molecule has 0 bridgehead atoms. The van der Waals surface area contributed by atoms with Crippen LogP contribution in [-0.4, -0.2) is 32.5 Å². The Morgan fingerprint density at radius 2 is 2.05 bits per heavy atom. The summed E-state index contributed by atoms with van der Waals surface area (Å²) in [6.45, 7) is 6.81. The van der Waals surface area contributed by atoms with Crippen molar-refractivity contribution < 1.29 is 0 Å². The first kappa shape index (κ1) is 15.7. The van der Waals surface area contributed by atoms with Gasteiger partial charge in [0.15, 0.2) is 0 Å². The second-order valence-electron chi connectivity index (χ2n) is 5.82. The molecule has 2 aromatic heterocycles. The van der Waals surface area contributed by atoms with E-state index in [1.165, 1.54) is 5.56 Å². The first-order valence-electron chi connectivity index (χ1n) is 7.36. The van der Waals surface area contributed by atoms with Crippen LogP contribution in [-0.2, 0) is 26.7 Å². The normalized spacial score (nSPS) is 11.5. The van der Waals surface area contributed by atoms with Gasteiger partial charge in [-0.2, -0.15) is 0 Å². The predicted octanol–water partition coefficient (Wildman–Crippen LogP) is 1.95. The highest BCUT2D eigenvalue weighted by Crippen LogP contribution is 2.06. The van der Waals surface area contributed by atoms with Gasteiger partial charge in [-0.05, 0) is 18.7 Å². The molecule has 2 heterocycles. The average molecular weight is 287 g/mol. The molecule has 0 radical (unpaired) electrons. The minimum absolute atomic E-state index is 0.494. The molecule has 2 aromatic rings. The average Bonchev–Trinajstić information content (AvgIpc) is 2.83. The maximum absolute atomic E-state index is 4.54. The Kier molecular flexibility index (Phi) is 5.47. The van der Waals surface area contributed by atoms with Crippen molar-refractivity contribution in [2.45, 2.75) is 39.5 Å². The highest BCUT2D eigenvalue weighted by atomic mass is 15.2. The van der Waals surface area contributed by atoms with Crippen LogP contribution < -0.4 is 5.32 Å². The van der Waals surface area contributed by atoms with E-state index in [0.29, 0.717) is 6.04 Å². The highest BCUT2D eigenvalue weighted by Gasteiger charge is 2.06. The Bertz CT molecular complexity index is 544. The summed E-state index contributed by atoms with van der Waals surface area (Å²) in [6.07, 6.45) is 5.76. The molecular weight excluding hydrogens is 262 g/mol. The first-order chi connectivity index (χ1) is 10.0. The largest absolute Gasteiger partial charge is 0.337 e. The Hall–Kier alpha value is -1.72. The van der Waals surface area contributed by atoms with Gasteiger partial charge in [0.25, 0.3) is 0 Å². The van der Waals surface area contributed by atoms with Crippen LogP contribution in [0.25, 0.3) is 0 Å². The van der Waals surface area contributed by atoms with Gasteiger partial charge in [-0.3, -0.25) is 9.88 Å². The molecule has 0 aliphatic rings. The molecule has 0 aliphatic heterocycles. The first-order valence-corrected chi connectivity index (χ1v) is 7.36. The van der Waals surface area contributed by atoms with Gasteiger partial charge in [0.1, 0.15) is 5.82 Å². The van der Waals surface area contributed by atoms with Crippen molar-refractivity contribution in [3.05, 3.63) is 47.8 Å². The van der Waals surface area contributed by atoms with Crippen molar-refractivity contribution in [2.75, 3.05) is 7.05 Å². The lowest BCUT2D eigenvalue weighted by molar-refractivity contribution is 0.303. The van der Waals surface area contributed by atoms with Crippen LogP contribution in [0.4, 0.5) is 0 Å². The number of pyridine rings is 1. The van der Waals surface area contributed by atoms with Gasteiger partial charge in [0, 0.05) is 44.8 Å². The molecule has 5 nitrogen and oxygen atoms in total. The van der Waals surface area contributed by atoms with Crippen LogP contribution in [0.3, 0.4) is 0 Å². The molecular formula is C16H25N5. The van der Waals surface area contributed by atoms with Crippen molar-refractivity contribution in [3.63, 3.8) is 0 Å². The van der Waals surface area contributed by atoms with Crippen LogP contribution in [0.5, 0.6) is 0 Å². The van der Waals surface area contributed by atoms with Crippen molar-refractivity contribution >= 4 is 0 Å². The van der Waals surface area contributed by atoms with E-state index in [-0.39, 0.29) is 0 Å². The zero-order valence-electron chi connectivity index (χ0n) is 13.4. The van der Waals surface area contributed by atoms with E-state index in [9.17, 15) is 0 Å². The molecule has 5 heteroatoms. The third kappa shape index (κ3) is 4.95. The van der Waals surface area contributed by atoms with Gasteiger partial charge in [-0.25, -0.2) is 4.98 Å². The maximum atomic E-state index is 4.54. The monoisotopic (exact) mass is 287 g/mol. The summed E-state index contributed by atoms with van der Waals surface area (Å²) in [6, 6.07) is 4.74. The molecule has 0 aromatic carbocycles. The maximum Gasteiger partial charge on any atom is 0.122 e. The van der Waals surface area contributed by atoms with Gasteiger partial charge in [-0.1, -0.05) is 19.9 Å². The second kappa shape index (κ2) is 7.33. The Labute approximate surface area is 127 Å². The number of hydrogen-bond acceptors (Lipinski definition) is 4. The van der Waals surface area contributed by atoms with E-state index in [1.54, 1.807) is 0 Å². The smallest absolute Gasteiger partial charge is 0.122 e. The van der Waals surface area contributed by atoms with Crippen LogP contribution in [0.2, 0.25) is 0 Å². The zero-order chi connectivity index (χ0) is 15.2. The topological polar surface area (TPSA) is 46.0 Å². The predicted molar refractivity (Wildman–Crippen MR) is 84.6 cm³/mol. The molecule has 0 aliphatic carbocycles. The van der Waals surface area contributed by atoms with Gasteiger partial charge in [-0.15, -0.1) is 0 Å². The Morgan fingerprint density at radius 1 is 1.24 bits per heavy atom. The third-order valence-corrected chi connectivity index (χ3v) is 3.36. The van der Waals surface area contributed by atoms with E-state index >= 15 is 0 Å². The Balaban J connectivity index is 1.86. The minimum Gasteiger partial charge on any atom is -0.337 e. The van der Waals surface area contributed by atoms with E-state index in [2.05, 4.69) is 53.2 Å². The molecule has 2 rings (SSSR count). The number of nitrogens with one attached hydrogen (secondary N) is 1. The van der Waals surface area contributed by atoms with Crippen LogP contribution >= 0.6 is 0 Å². The zero-order valence-corrected chi connectivity index (χ0v) is 13.4. The molecule has 0 spiro atoms.